The van der Waals surface area contributed by atoms with Gasteiger partial charge in [0.1, 0.15) is 12.4 Å². The number of ether oxygens (including phenoxy) is 1. The molecule has 2 aromatic rings. The molecule has 22 heavy (non-hydrogen) atoms. The van der Waals surface area contributed by atoms with Crippen molar-refractivity contribution in [3.63, 3.8) is 0 Å². The van der Waals surface area contributed by atoms with Crippen LogP contribution in [0.4, 0.5) is 5.82 Å². The molecular weight excluding hydrogens is 300 g/mol. The Kier molecular flexibility index (Phi) is 3.67. The summed E-state index contributed by atoms with van der Waals surface area (Å²) < 4.78 is 6.42. The first-order valence-corrected chi connectivity index (χ1v) is 8.54. The van der Waals surface area contributed by atoms with Gasteiger partial charge in [-0.2, -0.15) is 0 Å². The summed E-state index contributed by atoms with van der Waals surface area (Å²) in [4.78, 5) is 25.7. The Morgan fingerprint density at radius 3 is 3.00 bits per heavy atom. The smallest absolute Gasteiger partial charge is 0.245 e. The molecule has 6 nitrogen and oxygen atoms in total. The minimum Gasteiger partial charge on any atom is -0.378 e. The molecular formula is C15H18N4O2S. The maximum atomic E-state index is 12.8. The maximum Gasteiger partial charge on any atom is 0.245 e. The Balaban J connectivity index is 1.63. The molecule has 0 aromatic carbocycles. The molecule has 0 aliphatic carbocycles. The summed E-state index contributed by atoms with van der Waals surface area (Å²) in [5.74, 6) is 1.12. The Morgan fingerprint density at radius 2 is 2.14 bits per heavy atom. The standard InChI is InChI=1S/C15H18N4O2S/c20-15(18-5-7-21-8-6-18)12-2-1-4-19(12)14-13-11(3-9-22-13)16-10-17-14/h3,9-10,12H,1-2,4-8H2. The number of anilines is 1. The molecule has 0 bridgehead atoms. The predicted molar refractivity (Wildman–Crippen MR) is 85.2 cm³/mol. The number of carbonyl (C=O) groups excluding carboxylic acids is 1. The van der Waals surface area contributed by atoms with Gasteiger partial charge in [-0.3, -0.25) is 4.79 Å². The minimum atomic E-state index is -0.0988. The van der Waals surface area contributed by atoms with Crippen molar-refractivity contribution in [1.82, 2.24) is 14.9 Å². The Bertz CT molecular complexity index is 683. The van der Waals surface area contributed by atoms with Gasteiger partial charge < -0.3 is 14.5 Å². The topological polar surface area (TPSA) is 58.6 Å². The third-order valence-corrected chi connectivity index (χ3v) is 5.26. The van der Waals surface area contributed by atoms with E-state index in [4.69, 9.17) is 4.74 Å². The highest BCUT2D eigenvalue weighted by Crippen LogP contribution is 2.33. The second-order valence-electron chi connectivity index (χ2n) is 5.62. The third kappa shape index (κ3) is 2.34. The molecule has 4 rings (SSSR count). The lowest BCUT2D eigenvalue weighted by atomic mass is 10.2. The fourth-order valence-electron chi connectivity index (χ4n) is 3.25. The van der Waals surface area contributed by atoms with E-state index in [1.54, 1.807) is 17.7 Å². The van der Waals surface area contributed by atoms with Crippen molar-refractivity contribution < 1.29 is 9.53 Å². The van der Waals surface area contributed by atoms with Crippen LogP contribution >= 0.6 is 11.3 Å². The summed E-state index contributed by atoms with van der Waals surface area (Å²) >= 11 is 1.64. The van der Waals surface area contributed by atoms with Crippen LogP contribution in [-0.4, -0.2) is 59.7 Å². The van der Waals surface area contributed by atoms with Crippen LogP contribution in [0, 0.1) is 0 Å². The molecule has 2 saturated heterocycles. The summed E-state index contributed by atoms with van der Waals surface area (Å²) in [5.41, 5.74) is 0.958. The molecule has 116 valence electrons. The number of rotatable bonds is 2. The number of hydrogen-bond acceptors (Lipinski definition) is 6. The Labute approximate surface area is 132 Å². The van der Waals surface area contributed by atoms with Crippen LogP contribution in [0.3, 0.4) is 0 Å². The van der Waals surface area contributed by atoms with E-state index in [1.165, 1.54) is 0 Å². The molecule has 2 aliphatic rings. The van der Waals surface area contributed by atoms with Gasteiger partial charge in [0.05, 0.1) is 23.4 Å². The van der Waals surface area contributed by atoms with Crippen LogP contribution in [-0.2, 0) is 9.53 Å². The molecule has 2 aliphatic heterocycles. The van der Waals surface area contributed by atoms with Gasteiger partial charge in [0.2, 0.25) is 5.91 Å². The highest BCUT2D eigenvalue weighted by Gasteiger charge is 2.35. The second-order valence-corrected chi connectivity index (χ2v) is 6.54. The monoisotopic (exact) mass is 318 g/mol. The quantitative estimate of drug-likeness (QED) is 0.840. The molecule has 4 heterocycles. The SMILES string of the molecule is O=C(C1CCCN1c1ncnc2ccsc12)N1CCOCC1. The van der Waals surface area contributed by atoms with Crippen molar-refractivity contribution in [3.05, 3.63) is 17.8 Å². The number of amides is 1. The predicted octanol–water partition coefficient (Wildman–Crippen LogP) is 1.52. The third-order valence-electron chi connectivity index (χ3n) is 4.36. The average Bonchev–Trinajstić information content (AvgIpc) is 3.23. The molecule has 0 N–H and O–H groups in total. The highest BCUT2D eigenvalue weighted by molar-refractivity contribution is 7.17. The first kappa shape index (κ1) is 13.9. The first-order chi connectivity index (χ1) is 10.8. The minimum absolute atomic E-state index is 0.0988. The Hall–Kier alpha value is -1.73. The first-order valence-electron chi connectivity index (χ1n) is 7.66. The molecule has 1 amide bonds. The summed E-state index contributed by atoms with van der Waals surface area (Å²) in [5, 5.41) is 2.03. The van der Waals surface area contributed by atoms with Crippen LogP contribution in [0.2, 0.25) is 0 Å². The van der Waals surface area contributed by atoms with E-state index in [0.717, 1.165) is 35.4 Å². The van der Waals surface area contributed by atoms with Gasteiger partial charge in [0.15, 0.2) is 5.82 Å². The van der Waals surface area contributed by atoms with Crippen LogP contribution in [0.1, 0.15) is 12.8 Å². The van der Waals surface area contributed by atoms with Crippen LogP contribution in [0.15, 0.2) is 17.8 Å². The number of nitrogens with zero attached hydrogens (tertiary/aromatic N) is 4. The van der Waals surface area contributed by atoms with Crippen molar-refractivity contribution in [2.75, 3.05) is 37.7 Å². The normalized spacial score (nSPS) is 22.5. The van der Waals surface area contributed by atoms with E-state index in [1.807, 2.05) is 16.3 Å². The summed E-state index contributed by atoms with van der Waals surface area (Å²) in [6.07, 6.45) is 3.52. The molecule has 2 aromatic heterocycles. The molecule has 0 radical (unpaired) electrons. The summed E-state index contributed by atoms with van der Waals surface area (Å²) in [7, 11) is 0. The van der Waals surface area contributed by atoms with Gasteiger partial charge in [0, 0.05) is 19.6 Å². The number of carbonyl (C=O) groups is 1. The zero-order valence-electron chi connectivity index (χ0n) is 12.3. The molecule has 1 atom stereocenters. The largest absolute Gasteiger partial charge is 0.378 e. The van der Waals surface area contributed by atoms with Gasteiger partial charge in [-0.25, -0.2) is 9.97 Å². The van der Waals surface area contributed by atoms with Crippen LogP contribution in [0.25, 0.3) is 10.2 Å². The number of thiophene rings is 1. The fraction of sp³-hybridized carbons (Fsp3) is 0.533. The number of fused-ring (bicyclic) bond motifs is 1. The lowest BCUT2D eigenvalue weighted by Gasteiger charge is -2.33. The van der Waals surface area contributed by atoms with Crippen LogP contribution < -0.4 is 4.90 Å². The summed E-state index contributed by atoms with van der Waals surface area (Å²) in [6, 6.07) is 1.90. The van der Waals surface area contributed by atoms with Crippen molar-refractivity contribution >= 4 is 33.3 Å². The van der Waals surface area contributed by atoms with Crippen molar-refractivity contribution in [3.8, 4) is 0 Å². The number of morpholine rings is 1. The van der Waals surface area contributed by atoms with Gasteiger partial charge in [-0.05, 0) is 24.3 Å². The van der Waals surface area contributed by atoms with E-state index in [0.29, 0.717) is 26.3 Å². The highest BCUT2D eigenvalue weighted by atomic mass is 32.1. The van der Waals surface area contributed by atoms with Crippen molar-refractivity contribution in [2.45, 2.75) is 18.9 Å². The van der Waals surface area contributed by atoms with Crippen LogP contribution in [0.5, 0.6) is 0 Å². The zero-order chi connectivity index (χ0) is 14.9. The van der Waals surface area contributed by atoms with Crippen molar-refractivity contribution in [2.24, 2.45) is 0 Å². The number of hydrogen-bond donors (Lipinski definition) is 0. The van der Waals surface area contributed by atoms with E-state index in [9.17, 15) is 4.79 Å². The molecule has 2 fully saturated rings. The van der Waals surface area contributed by atoms with Crippen molar-refractivity contribution in [1.29, 1.82) is 0 Å². The lowest BCUT2D eigenvalue weighted by molar-refractivity contribution is -0.136. The Morgan fingerprint density at radius 1 is 1.27 bits per heavy atom. The molecule has 1 unspecified atom stereocenters. The van der Waals surface area contributed by atoms with E-state index in [2.05, 4.69) is 14.9 Å². The fourth-order valence-corrected chi connectivity index (χ4v) is 4.10. The molecule has 0 spiro atoms. The molecule has 7 heteroatoms. The van der Waals surface area contributed by atoms with E-state index < -0.39 is 0 Å². The average molecular weight is 318 g/mol. The summed E-state index contributed by atoms with van der Waals surface area (Å²) in [6.45, 7) is 3.55. The number of aromatic nitrogens is 2. The molecule has 0 saturated carbocycles. The van der Waals surface area contributed by atoms with Gasteiger partial charge in [-0.1, -0.05) is 0 Å². The lowest BCUT2D eigenvalue weighted by Crippen LogP contribution is -2.50. The maximum absolute atomic E-state index is 12.8. The zero-order valence-corrected chi connectivity index (χ0v) is 13.1. The van der Waals surface area contributed by atoms with Gasteiger partial charge >= 0.3 is 0 Å². The second kappa shape index (κ2) is 5.81. The van der Waals surface area contributed by atoms with E-state index in [-0.39, 0.29) is 11.9 Å². The van der Waals surface area contributed by atoms with Gasteiger partial charge in [0.25, 0.3) is 0 Å². The van der Waals surface area contributed by atoms with E-state index >= 15 is 0 Å². The van der Waals surface area contributed by atoms with Gasteiger partial charge in [-0.15, -0.1) is 11.3 Å².